The summed E-state index contributed by atoms with van der Waals surface area (Å²) >= 11 is 1.72. The molecule has 1 aromatic carbocycles. The average molecular weight is 260 g/mol. The summed E-state index contributed by atoms with van der Waals surface area (Å²) < 4.78 is 1.93. The Morgan fingerprint density at radius 2 is 2.11 bits per heavy atom. The van der Waals surface area contributed by atoms with Crippen LogP contribution in [0.25, 0.3) is 0 Å². The van der Waals surface area contributed by atoms with Crippen molar-refractivity contribution in [3.63, 3.8) is 0 Å². The zero-order valence-electron chi connectivity index (χ0n) is 10.7. The fraction of sp³-hybridized carbons (Fsp3) is 0.231. The third-order valence-electron chi connectivity index (χ3n) is 2.39. The zero-order valence-corrected chi connectivity index (χ0v) is 11.6. The van der Waals surface area contributed by atoms with Crippen LogP contribution in [0.3, 0.4) is 0 Å². The molecule has 0 bridgehead atoms. The lowest BCUT2D eigenvalue weighted by atomic mass is 10.2. The molecule has 0 radical (unpaired) electrons. The van der Waals surface area contributed by atoms with Crippen LogP contribution in [0.1, 0.15) is 5.56 Å². The van der Waals surface area contributed by atoms with Crippen molar-refractivity contribution in [2.45, 2.75) is 4.90 Å². The first-order chi connectivity index (χ1) is 8.72. The Bertz CT molecular complexity index is 532. The number of benzene rings is 1. The molecular weight excluding hydrogens is 244 g/mol. The van der Waals surface area contributed by atoms with E-state index in [4.69, 9.17) is 0 Å². The Morgan fingerprint density at radius 1 is 1.33 bits per heavy atom. The van der Waals surface area contributed by atoms with Gasteiger partial charge in [-0.15, -0.1) is 11.8 Å². The van der Waals surface area contributed by atoms with Crippen LogP contribution in [0.15, 0.2) is 53.0 Å². The molecule has 4 nitrogen and oxygen atoms in total. The predicted octanol–water partition coefficient (Wildman–Crippen LogP) is 2.38. The highest BCUT2D eigenvalue weighted by Crippen LogP contribution is 2.21. The van der Waals surface area contributed by atoms with E-state index < -0.39 is 0 Å². The second-order valence-electron chi connectivity index (χ2n) is 3.94. The molecule has 0 amide bonds. The van der Waals surface area contributed by atoms with Crippen LogP contribution in [0.4, 0.5) is 0 Å². The summed E-state index contributed by atoms with van der Waals surface area (Å²) in [7, 11) is 3.83. The summed E-state index contributed by atoms with van der Waals surface area (Å²) in [5.41, 5.74) is 1.11. The van der Waals surface area contributed by atoms with Crippen LogP contribution in [0, 0.1) is 0 Å². The van der Waals surface area contributed by atoms with Crippen LogP contribution in [0.2, 0.25) is 0 Å². The Balaban J connectivity index is 2.54. The topological polar surface area (TPSA) is 33.4 Å². The van der Waals surface area contributed by atoms with Gasteiger partial charge in [-0.05, 0) is 12.3 Å². The van der Waals surface area contributed by atoms with E-state index in [0.29, 0.717) is 0 Å². The minimum atomic E-state index is 0.877. The van der Waals surface area contributed by atoms with Crippen molar-refractivity contribution in [1.82, 2.24) is 14.6 Å². The molecule has 0 aliphatic heterocycles. The molecule has 1 heterocycles. The minimum Gasteiger partial charge on any atom is -0.301 e. The van der Waals surface area contributed by atoms with E-state index in [0.717, 1.165) is 11.4 Å². The van der Waals surface area contributed by atoms with Gasteiger partial charge in [0, 0.05) is 36.9 Å². The first-order valence-corrected chi connectivity index (χ1v) is 6.82. The van der Waals surface area contributed by atoms with Gasteiger partial charge < -0.3 is 5.01 Å². The second kappa shape index (κ2) is 5.73. The fourth-order valence-corrected chi connectivity index (χ4v) is 2.24. The van der Waals surface area contributed by atoms with E-state index >= 15 is 0 Å². The molecule has 18 heavy (non-hydrogen) atoms. The SMILES string of the molecule is CSc1ccccc1C(=NN(C)C)n1ccnc1. The molecule has 0 spiro atoms. The highest BCUT2D eigenvalue weighted by molar-refractivity contribution is 7.98. The Labute approximate surface area is 111 Å². The molecular formula is C13H16N4S. The maximum Gasteiger partial charge on any atom is 0.166 e. The number of thioether (sulfide) groups is 1. The number of hydrazone groups is 1. The summed E-state index contributed by atoms with van der Waals surface area (Å²) in [4.78, 5) is 5.29. The fourth-order valence-electron chi connectivity index (χ4n) is 1.65. The lowest BCUT2D eigenvalue weighted by molar-refractivity contribution is 0.435. The van der Waals surface area contributed by atoms with Gasteiger partial charge in [-0.1, -0.05) is 18.2 Å². The van der Waals surface area contributed by atoms with Gasteiger partial charge in [-0.25, -0.2) is 4.98 Å². The molecule has 0 aliphatic rings. The standard InChI is InChI=1S/C13H16N4S/c1-16(2)15-13(17-9-8-14-10-17)11-6-4-5-7-12(11)18-3/h4-10H,1-3H3. The lowest BCUT2D eigenvalue weighted by Gasteiger charge is -2.14. The number of nitrogens with zero attached hydrogens (tertiary/aromatic N) is 4. The van der Waals surface area contributed by atoms with Crippen LogP contribution < -0.4 is 0 Å². The quantitative estimate of drug-likeness (QED) is 0.368. The largest absolute Gasteiger partial charge is 0.301 e. The Hall–Kier alpha value is -1.75. The molecule has 5 heteroatoms. The van der Waals surface area contributed by atoms with Gasteiger partial charge in [0.25, 0.3) is 0 Å². The Morgan fingerprint density at radius 3 is 2.72 bits per heavy atom. The number of rotatable bonds is 3. The molecule has 0 unspecified atom stereocenters. The van der Waals surface area contributed by atoms with Crippen molar-refractivity contribution in [2.75, 3.05) is 20.4 Å². The van der Waals surface area contributed by atoms with Gasteiger partial charge in [-0.2, -0.15) is 5.10 Å². The summed E-state index contributed by atoms with van der Waals surface area (Å²) in [6, 6.07) is 8.24. The molecule has 2 aromatic rings. The predicted molar refractivity (Wildman–Crippen MR) is 76.1 cm³/mol. The molecule has 0 atom stereocenters. The van der Waals surface area contributed by atoms with Gasteiger partial charge in [-0.3, -0.25) is 4.57 Å². The molecule has 94 valence electrons. The van der Waals surface area contributed by atoms with E-state index in [2.05, 4.69) is 28.5 Å². The molecule has 0 N–H and O–H groups in total. The van der Waals surface area contributed by atoms with Crippen molar-refractivity contribution in [3.05, 3.63) is 48.5 Å². The number of imidazole rings is 1. The van der Waals surface area contributed by atoms with Crippen molar-refractivity contribution >= 4 is 17.6 Å². The monoisotopic (exact) mass is 260 g/mol. The van der Waals surface area contributed by atoms with Crippen LogP contribution in [0.5, 0.6) is 0 Å². The number of hydrogen-bond donors (Lipinski definition) is 0. The third-order valence-corrected chi connectivity index (χ3v) is 3.19. The molecule has 0 fully saturated rings. The molecule has 2 rings (SSSR count). The maximum atomic E-state index is 4.56. The first-order valence-electron chi connectivity index (χ1n) is 5.60. The molecule has 0 aliphatic carbocycles. The first kappa shape index (κ1) is 12.7. The molecule has 1 aromatic heterocycles. The summed E-state index contributed by atoms with van der Waals surface area (Å²) in [6.45, 7) is 0. The van der Waals surface area contributed by atoms with Gasteiger partial charge in [0.1, 0.15) is 6.33 Å². The van der Waals surface area contributed by atoms with Crippen LogP contribution in [-0.2, 0) is 0 Å². The van der Waals surface area contributed by atoms with Crippen molar-refractivity contribution in [3.8, 4) is 0 Å². The van der Waals surface area contributed by atoms with Crippen molar-refractivity contribution in [2.24, 2.45) is 5.10 Å². The third kappa shape index (κ3) is 2.73. The smallest absolute Gasteiger partial charge is 0.166 e. The highest BCUT2D eigenvalue weighted by Gasteiger charge is 2.10. The van der Waals surface area contributed by atoms with Gasteiger partial charge in [0.05, 0.1) is 0 Å². The zero-order chi connectivity index (χ0) is 13.0. The van der Waals surface area contributed by atoms with Crippen molar-refractivity contribution in [1.29, 1.82) is 0 Å². The van der Waals surface area contributed by atoms with E-state index in [1.165, 1.54) is 4.90 Å². The van der Waals surface area contributed by atoms with Crippen LogP contribution >= 0.6 is 11.8 Å². The van der Waals surface area contributed by atoms with Crippen molar-refractivity contribution < 1.29 is 0 Å². The molecule has 0 saturated heterocycles. The van der Waals surface area contributed by atoms with Gasteiger partial charge in [0.2, 0.25) is 0 Å². The van der Waals surface area contributed by atoms with E-state index in [-0.39, 0.29) is 0 Å². The van der Waals surface area contributed by atoms with Gasteiger partial charge >= 0.3 is 0 Å². The normalized spacial score (nSPS) is 11.6. The van der Waals surface area contributed by atoms with E-state index in [1.54, 1.807) is 29.3 Å². The summed E-state index contributed by atoms with van der Waals surface area (Å²) in [5.74, 6) is 0.877. The van der Waals surface area contributed by atoms with Crippen LogP contribution in [-0.4, -0.2) is 40.7 Å². The summed E-state index contributed by atoms with van der Waals surface area (Å²) in [6.07, 6.45) is 7.49. The average Bonchev–Trinajstić information content (AvgIpc) is 2.89. The number of aromatic nitrogens is 2. The number of hydrogen-bond acceptors (Lipinski definition) is 4. The second-order valence-corrected chi connectivity index (χ2v) is 4.79. The lowest BCUT2D eigenvalue weighted by Crippen LogP contribution is -2.17. The summed E-state index contributed by atoms with van der Waals surface area (Å²) in [5, 5.41) is 6.36. The van der Waals surface area contributed by atoms with E-state index in [1.807, 2.05) is 37.0 Å². The van der Waals surface area contributed by atoms with E-state index in [9.17, 15) is 0 Å². The minimum absolute atomic E-state index is 0.877. The highest BCUT2D eigenvalue weighted by atomic mass is 32.2. The van der Waals surface area contributed by atoms with Gasteiger partial charge in [0.15, 0.2) is 5.84 Å². The maximum absolute atomic E-state index is 4.56. The molecule has 0 saturated carbocycles. The Kier molecular flexibility index (Phi) is 4.04.